The molecule has 4 aromatic rings. The van der Waals surface area contributed by atoms with Gasteiger partial charge in [-0.05, 0) is 55.8 Å². The van der Waals surface area contributed by atoms with Gasteiger partial charge in [0.15, 0.2) is 12.4 Å². The van der Waals surface area contributed by atoms with E-state index in [0.29, 0.717) is 28.2 Å². The average molecular weight is 470 g/mol. The minimum absolute atomic E-state index is 0.184. The lowest BCUT2D eigenvalue weighted by Crippen LogP contribution is -2.21. The molecule has 1 N–H and O–H groups in total. The van der Waals surface area contributed by atoms with E-state index in [9.17, 15) is 9.59 Å². The van der Waals surface area contributed by atoms with E-state index in [0.717, 1.165) is 10.0 Å². The van der Waals surface area contributed by atoms with E-state index in [-0.39, 0.29) is 11.3 Å². The van der Waals surface area contributed by atoms with Crippen LogP contribution < -0.4 is 5.32 Å². The lowest BCUT2D eigenvalue weighted by atomic mass is 10.1. The maximum Gasteiger partial charge on any atom is 0.339 e. The SMILES string of the molecule is Cc1cc(Br)ccc1NC(=O)COC(=O)c1cc(-c2ccco2)nc2onc(C)c12. The van der Waals surface area contributed by atoms with Gasteiger partial charge >= 0.3 is 5.97 Å². The van der Waals surface area contributed by atoms with Crippen LogP contribution in [0.2, 0.25) is 0 Å². The molecule has 9 heteroatoms. The molecular weight excluding hydrogens is 454 g/mol. The van der Waals surface area contributed by atoms with Gasteiger partial charge in [0.2, 0.25) is 0 Å². The molecule has 0 aliphatic heterocycles. The van der Waals surface area contributed by atoms with Crippen LogP contribution in [-0.2, 0) is 9.53 Å². The Morgan fingerprint density at radius 1 is 1.20 bits per heavy atom. The molecule has 152 valence electrons. The van der Waals surface area contributed by atoms with Crippen LogP contribution in [0.15, 0.2) is 56.1 Å². The predicted molar refractivity (Wildman–Crippen MR) is 112 cm³/mol. The number of benzene rings is 1. The first kappa shape index (κ1) is 19.8. The van der Waals surface area contributed by atoms with Crippen molar-refractivity contribution in [1.82, 2.24) is 10.1 Å². The standard InChI is InChI=1S/C21H16BrN3O5/c1-11-8-13(22)5-6-15(11)23-18(26)10-29-21(27)14-9-16(17-4-3-7-28-17)24-20-19(14)12(2)25-30-20/h3-9H,10H2,1-2H3,(H,23,26). The molecule has 0 spiro atoms. The number of esters is 1. The van der Waals surface area contributed by atoms with E-state index in [1.807, 2.05) is 19.1 Å². The van der Waals surface area contributed by atoms with E-state index in [2.05, 4.69) is 31.4 Å². The summed E-state index contributed by atoms with van der Waals surface area (Å²) in [4.78, 5) is 29.4. The normalized spacial score (nSPS) is 10.9. The summed E-state index contributed by atoms with van der Waals surface area (Å²) in [5, 5.41) is 7.03. The highest BCUT2D eigenvalue weighted by Gasteiger charge is 2.22. The Balaban J connectivity index is 1.54. The number of furan rings is 1. The molecule has 3 aromatic heterocycles. The highest BCUT2D eigenvalue weighted by atomic mass is 79.9. The number of hydrogen-bond acceptors (Lipinski definition) is 7. The third-order valence-corrected chi connectivity index (χ3v) is 4.90. The highest BCUT2D eigenvalue weighted by molar-refractivity contribution is 9.10. The second kappa shape index (κ2) is 8.11. The Hall–Kier alpha value is -3.46. The molecule has 1 aromatic carbocycles. The number of aryl methyl sites for hydroxylation is 2. The van der Waals surface area contributed by atoms with E-state index >= 15 is 0 Å². The molecule has 0 fully saturated rings. The number of halogens is 1. The third kappa shape index (κ3) is 3.97. The first-order valence-corrected chi connectivity index (χ1v) is 9.75. The number of nitrogens with one attached hydrogen (secondary N) is 1. The van der Waals surface area contributed by atoms with Crippen molar-refractivity contribution >= 4 is 44.6 Å². The number of aromatic nitrogens is 2. The van der Waals surface area contributed by atoms with Crippen LogP contribution in [-0.4, -0.2) is 28.6 Å². The smallest absolute Gasteiger partial charge is 0.339 e. The maximum atomic E-state index is 12.8. The van der Waals surface area contributed by atoms with Crippen molar-refractivity contribution in [2.45, 2.75) is 13.8 Å². The van der Waals surface area contributed by atoms with E-state index in [1.165, 1.54) is 12.3 Å². The zero-order valence-electron chi connectivity index (χ0n) is 16.1. The van der Waals surface area contributed by atoms with Crippen LogP contribution in [0.25, 0.3) is 22.6 Å². The number of ether oxygens (including phenoxy) is 1. The van der Waals surface area contributed by atoms with Gasteiger partial charge in [0.25, 0.3) is 11.6 Å². The Kier molecular flexibility index (Phi) is 5.37. The highest BCUT2D eigenvalue weighted by Crippen LogP contribution is 2.28. The molecule has 8 nitrogen and oxygen atoms in total. The predicted octanol–water partition coefficient (Wildman–Crippen LogP) is 4.66. The van der Waals surface area contributed by atoms with Crippen molar-refractivity contribution < 1.29 is 23.3 Å². The Labute approximate surface area is 179 Å². The number of nitrogens with zero attached hydrogens (tertiary/aromatic N) is 2. The van der Waals surface area contributed by atoms with Crippen LogP contribution in [0.4, 0.5) is 5.69 Å². The van der Waals surface area contributed by atoms with E-state index in [1.54, 1.807) is 25.1 Å². The number of anilines is 1. The number of pyridine rings is 1. The number of rotatable bonds is 5. The molecular formula is C21H16BrN3O5. The number of hydrogen-bond donors (Lipinski definition) is 1. The van der Waals surface area contributed by atoms with Crippen molar-refractivity contribution in [1.29, 1.82) is 0 Å². The average Bonchev–Trinajstić information content (AvgIpc) is 3.38. The minimum Gasteiger partial charge on any atom is -0.463 e. The van der Waals surface area contributed by atoms with Crippen molar-refractivity contribution in [3.8, 4) is 11.5 Å². The van der Waals surface area contributed by atoms with Crippen molar-refractivity contribution in [2.75, 3.05) is 11.9 Å². The van der Waals surface area contributed by atoms with Gasteiger partial charge in [-0.2, -0.15) is 0 Å². The molecule has 0 atom stereocenters. The van der Waals surface area contributed by atoms with Gasteiger partial charge in [-0.15, -0.1) is 0 Å². The van der Waals surface area contributed by atoms with Gasteiger partial charge in [0.1, 0.15) is 5.69 Å². The molecule has 0 aliphatic rings. The summed E-state index contributed by atoms with van der Waals surface area (Å²) in [5.41, 5.74) is 2.78. The fraction of sp³-hybridized carbons (Fsp3) is 0.143. The Morgan fingerprint density at radius 3 is 2.77 bits per heavy atom. The third-order valence-electron chi connectivity index (χ3n) is 4.41. The maximum absolute atomic E-state index is 12.8. The van der Waals surface area contributed by atoms with E-state index in [4.69, 9.17) is 13.7 Å². The Bertz CT molecular complexity index is 1250. The molecule has 0 radical (unpaired) electrons. The first-order valence-electron chi connectivity index (χ1n) is 8.96. The van der Waals surface area contributed by atoms with Crippen LogP contribution in [0.5, 0.6) is 0 Å². The lowest BCUT2D eigenvalue weighted by molar-refractivity contribution is -0.119. The molecule has 0 saturated heterocycles. The molecule has 0 saturated carbocycles. The lowest BCUT2D eigenvalue weighted by Gasteiger charge is -2.10. The van der Waals surface area contributed by atoms with Gasteiger partial charge in [-0.1, -0.05) is 21.1 Å². The van der Waals surface area contributed by atoms with Crippen LogP contribution >= 0.6 is 15.9 Å². The summed E-state index contributed by atoms with van der Waals surface area (Å²) in [6.45, 7) is 3.11. The molecule has 30 heavy (non-hydrogen) atoms. The molecule has 4 rings (SSSR count). The Morgan fingerprint density at radius 2 is 2.03 bits per heavy atom. The summed E-state index contributed by atoms with van der Waals surface area (Å²) in [6, 6.07) is 10.4. The molecule has 0 unspecified atom stereocenters. The van der Waals surface area contributed by atoms with Gasteiger partial charge in [-0.3, -0.25) is 4.79 Å². The molecule has 3 heterocycles. The van der Waals surface area contributed by atoms with Crippen LogP contribution in [0.1, 0.15) is 21.6 Å². The summed E-state index contributed by atoms with van der Waals surface area (Å²) in [6.07, 6.45) is 1.50. The fourth-order valence-corrected chi connectivity index (χ4v) is 3.44. The summed E-state index contributed by atoms with van der Waals surface area (Å²) in [7, 11) is 0. The van der Waals surface area contributed by atoms with Gasteiger partial charge in [0.05, 0.1) is 22.9 Å². The monoisotopic (exact) mass is 469 g/mol. The molecule has 0 aliphatic carbocycles. The second-order valence-electron chi connectivity index (χ2n) is 6.56. The van der Waals surface area contributed by atoms with Crippen molar-refractivity contribution in [3.63, 3.8) is 0 Å². The zero-order chi connectivity index (χ0) is 21.3. The number of fused-ring (bicyclic) bond motifs is 1. The minimum atomic E-state index is -0.691. The number of carbonyl (C=O) groups excluding carboxylic acids is 2. The fourth-order valence-electron chi connectivity index (χ4n) is 2.97. The van der Waals surface area contributed by atoms with Crippen molar-refractivity contribution in [2.24, 2.45) is 0 Å². The second-order valence-corrected chi connectivity index (χ2v) is 7.48. The van der Waals surface area contributed by atoms with Crippen LogP contribution in [0.3, 0.4) is 0 Å². The number of carbonyl (C=O) groups is 2. The van der Waals surface area contributed by atoms with Gasteiger partial charge < -0.3 is 19.0 Å². The van der Waals surface area contributed by atoms with Gasteiger partial charge in [0, 0.05) is 10.2 Å². The summed E-state index contributed by atoms with van der Waals surface area (Å²) >= 11 is 3.37. The van der Waals surface area contributed by atoms with E-state index < -0.39 is 18.5 Å². The topological polar surface area (TPSA) is 107 Å². The van der Waals surface area contributed by atoms with Crippen LogP contribution in [0, 0.1) is 13.8 Å². The zero-order valence-corrected chi connectivity index (χ0v) is 17.6. The molecule has 1 amide bonds. The summed E-state index contributed by atoms with van der Waals surface area (Å²) in [5.74, 6) is -0.681. The number of amides is 1. The largest absolute Gasteiger partial charge is 0.463 e. The quantitative estimate of drug-likeness (QED) is 0.423. The van der Waals surface area contributed by atoms with Crippen molar-refractivity contribution in [3.05, 3.63) is 64.0 Å². The molecule has 0 bridgehead atoms. The van der Waals surface area contributed by atoms with Gasteiger partial charge in [-0.25, -0.2) is 9.78 Å². The first-order chi connectivity index (χ1) is 14.4. The summed E-state index contributed by atoms with van der Waals surface area (Å²) < 4.78 is 16.7.